The highest BCUT2D eigenvalue weighted by molar-refractivity contribution is 7.17. The van der Waals surface area contributed by atoms with E-state index in [0.29, 0.717) is 73.1 Å². The molecule has 0 saturated heterocycles. The second-order valence-electron chi connectivity index (χ2n) is 10.9. The Bertz CT molecular complexity index is 1400. The van der Waals surface area contributed by atoms with Gasteiger partial charge in [-0.2, -0.15) is 15.5 Å². The van der Waals surface area contributed by atoms with Crippen molar-refractivity contribution in [2.75, 3.05) is 84.6 Å². The van der Waals surface area contributed by atoms with Gasteiger partial charge in [-0.15, -0.1) is 11.3 Å². The number of benzene rings is 1. The van der Waals surface area contributed by atoms with Crippen LogP contribution in [0.4, 0.5) is 22.1 Å². The maximum atomic E-state index is 11.5. The fourth-order valence-corrected chi connectivity index (χ4v) is 5.34. The third-order valence-corrected chi connectivity index (χ3v) is 8.33. The molecular weight excluding hydrogens is 650 g/mol. The highest BCUT2D eigenvalue weighted by Gasteiger charge is 2.15. The van der Waals surface area contributed by atoms with Crippen molar-refractivity contribution < 1.29 is 38.0 Å². The van der Waals surface area contributed by atoms with Crippen molar-refractivity contribution in [2.45, 2.75) is 59.3 Å². The van der Waals surface area contributed by atoms with Crippen LogP contribution in [0.3, 0.4) is 0 Å². The first-order chi connectivity index (χ1) is 23.8. The fourth-order valence-electron chi connectivity index (χ4n) is 4.47. The van der Waals surface area contributed by atoms with Crippen LogP contribution < -0.4 is 4.90 Å². The standard InChI is InChI=1S/C35H49N5O8S/c1-6-7-8-9-14-40(29-10-11-30(27(2)25-29)38-39-35-34(37-4)28(3)31(26-36)49-35)15-16-44-17-18-45-19-20-46-21-22-47-23-24-48-33(42)13-12-32(41)43-5/h10-11,25H,6-9,12-24H2,1-3,5H3. The summed E-state index contributed by atoms with van der Waals surface area (Å²) in [6, 6.07) is 8.20. The minimum absolute atomic E-state index is 0.000709. The number of carbonyl (C=O) groups is 2. The maximum Gasteiger partial charge on any atom is 0.306 e. The van der Waals surface area contributed by atoms with Crippen LogP contribution in [0, 0.1) is 31.8 Å². The highest BCUT2D eigenvalue weighted by Crippen LogP contribution is 2.42. The molecule has 0 atom stereocenters. The number of carbonyl (C=O) groups excluding carboxylic acids is 2. The molecule has 2 rings (SSSR count). The van der Waals surface area contributed by atoms with Gasteiger partial charge in [0.25, 0.3) is 0 Å². The van der Waals surface area contributed by atoms with Gasteiger partial charge in [0.2, 0.25) is 5.69 Å². The number of nitriles is 1. The zero-order valence-electron chi connectivity index (χ0n) is 29.2. The maximum absolute atomic E-state index is 11.5. The first kappa shape index (κ1) is 41.3. The summed E-state index contributed by atoms with van der Waals surface area (Å²) in [4.78, 5) is 28.8. The number of unbranched alkanes of at least 4 members (excludes halogenated alkanes) is 3. The van der Waals surface area contributed by atoms with Gasteiger partial charge in [0.05, 0.1) is 89.9 Å². The predicted molar refractivity (Wildman–Crippen MR) is 187 cm³/mol. The molecular formula is C35H49N5O8S. The molecule has 1 aromatic heterocycles. The lowest BCUT2D eigenvalue weighted by Crippen LogP contribution is -2.29. The topological polar surface area (TPSA) is 146 Å². The van der Waals surface area contributed by atoms with E-state index in [1.807, 2.05) is 19.1 Å². The number of hydrogen-bond donors (Lipinski definition) is 0. The summed E-state index contributed by atoms with van der Waals surface area (Å²) in [6.07, 6.45) is 4.63. The van der Waals surface area contributed by atoms with Gasteiger partial charge in [-0.05, 0) is 49.6 Å². The number of ether oxygens (including phenoxy) is 6. The third kappa shape index (κ3) is 16.4. The Balaban J connectivity index is 1.66. The summed E-state index contributed by atoms with van der Waals surface area (Å²) in [5.74, 6) is -0.915. The number of thiophene rings is 1. The first-order valence-corrected chi connectivity index (χ1v) is 17.4. The quantitative estimate of drug-likeness (QED) is 0.0429. The Hall–Kier alpha value is -3.92. The average Bonchev–Trinajstić information content (AvgIpc) is 3.42. The van der Waals surface area contributed by atoms with Crippen LogP contribution in [0.1, 0.15) is 61.5 Å². The zero-order chi connectivity index (χ0) is 35.7. The molecule has 0 amide bonds. The fraction of sp³-hybridized carbons (Fsp3) is 0.600. The molecule has 0 bridgehead atoms. The van der Waals surface area contributed by atoms with E-state index in [1.54, 1.807) is 6.92 Å². The summed E-state index contributed by atoms with van der Waals surface area (Å²) in [7, 11) is 1.27. The molecule has 0 aliphatic carbocycles. The second-order valence-corrected chi connectivity index (χ2v) is 11.9. The molecule has 0 unspecified atom stereocenters. The van der Waals surface area contributed by atoms with Gasteiger partial charge in [-0.3, -0.25) is 9.59 Å². The van der Waals surface area contributed by atoms with Crippen LogP contribution in [-0.4, -0.2) is 91.6 Å². The van der Waals surface area contributed by atoms with Gasteiger partial charge in [-0.1, -0.05) is 26.2 Å². The van der Waals surface area contributed by atoms with Gasteiger partial charge in [0, 0.05) is 18.8 Å². The normalized spacial score (nSPS) is 11.0. The number of esters is 2. The van der Waals surface area contributed by atoms with Gasteiger partial charge in [0.15, 0.2) is 0 Å². The lowest BCUT2D eigenvalue weighted by molar-refractivity contribution is -0.150. The summed E-state index contributed by atoms with van der Waals surface area (Å²) in [5, 5.41) is 18.5. The van der Waals surface area contributed by atoms with Crippen LogP contribution in [0.2, 0.25) is 0 Å². The molecule has 49 heavy (non-hydrogen) atoms. The zero-order valence-corrected chi connectivity index (χ0v) is 30.0. The van der Waals surface area contributed by atoms with Crippen molar-refractivity contribution in [1.82, 2.24) is 0 Å². The molecule has 0 fully saturated rings. The van der Waals surface area contributed by atoms with Gasteiger partial charge in [-0.25, -0.2) is 4.85 Å². The number of hydrogen-bond acceptors (Lipinski definition) is 13. The minimum Gasteiger partial charge on any atom is -0.469 e. The van der Waals surface area contributed by atoms with E-state index in [4.69, 9.17) is 30.3 Å². The number of rotatable bonds is 26. The van der Waals surface area contributed by atoms with Crippen molar-refractivity contribution >= 4 is 45.3 Å². The molecule has 0 spiro atoms. The molecule has 13 nitrogen and oxygen atoms in total. The van der Waals surface area contributed by atoms with Crippen molar-refractivity contribution in [2.24, 2.45) is 10.2 Å². The van der Waals surface area contributed by atoms with Gasteiger partial charge in [0.1, 0.15) is 17.7 Å². The van der Waals surface area contributed by atoms with Crippen molar-refractivity contribution in [3.05, 3.63) is 45.6 Å². The lowest BCUT2D eigenvalue weighted by atomic mass is 10.1. The summed E-state index contributed by atoms with van der Waals surface area (Å²) in [5.41, 5.74) is 3.80. The molecule has 2 aromatic rings. The van der Waals surface area contributed by atoms with Gasteiger partial charge < -0.3 is 33.3 Å². The number of aryl methyl sites for hydroxylation is 1. The Morgan fingerprint density at radius 2 is 1.51 bits per heavy atom. The minimum atomic E-state index is -0.465. The molecule has 0 radical (unpaired) electrons. The monoisotopic (exact) mass is 699 g/mol. The Morgan fingerprint density at radius 3 is 2.10 bits per heavy atom. The molecule has 0 saturated carbocycles. The molecule has 268 valence electrons. The molecule has 0 aliphatic heterocycles. The van der Waals surface area contributed by atoms with Crippen LogP contribution >= 0.6 is 11.3 Å². The molecule has 0 N–H and O–H groups in total. The second kappa shape index (κ2) is 25.1. The van der Waals surface area contributed by atoms with E-state index in [1.165, 1.54) is 37.7 Å². The summed E-state index contributed by atoms with van der Waals surface area (Å²) >= 11 is 1.18. The molecule has 0 aliphatic rings. The number of nitrogens with zero attached hydrogens (tertiary/aromatic N) is 5. The third-order valence-electron chi connectivity index (χ3n) is 7.26. The van der Waals surface area contributed by atoms with Crippen LogP contribution in [-0.2, 0) is 38.0 Å². The van der Waals surface area contributed by atoms with E-state index in [9.17, 15) is 14.9 Å². The van der Waals surface area contributed by atoms with Crippen molar-refractivity contribution in [1.29, 1.82) is 5.26 Å². The van der Waals surface area contributed by atoms with E-state index >= 15 is 0 Å². The summed E-state index contributed by atoms with van der Waals surface area (Å²) in [6.45, 7) is 18.6. The SMILES string of the molecule is [C-]#[N+]c1c(N=Nc2ccc(N(CCCCCC)CCOCCOCCOCCOCCOC(=O)CCC(=O)OC)cc2C)sc(C#N)c1C. The average molecular weight is 700 g/mol. The largest absolute Gasteiger partial charge is 0.469 e. The van der Waals surface area contributed by atoms with E-state index in [-0.39, 0.29) is 26.1 Å². The number of anilines is 1. The van der Waals surface area contributed by atoms with Crippen molar-refractivity contribution in [3.63, 3.8) is 0 Å². The summed E-state index contributed by atoms with van der Waals surface area (Å²) < 4.78 is 31.8. The smallest absolute Gasteiger partial charge is 0.306 e. The van der Waals surface area contributed by atoms with Crippen LogP contribution in [0.25, 0.3) is 4.85 Å². The Labute approximate surface area is 293 Å². The first-order valence-electron chi connectivity index (χ1n) is 16.6. The van der Waals surface area contributed by atoms with Crippen LogP contribution in [0.15, 0.2) is 28.4 Å². The van der Waals surface area contributed by atoms with Crippen molar-refractivity contribution in [3.8, 4) is 6.07 Å². The van der Waals surface area contributed by atoms with Gasteiger partial charge >= 0.3 is 11.9 Å². The molecule has 1 aromatic carbocycles. The van der Waals surface area contributed by atoms with E-state index < -0.39 is 11.9 Å². The van der Waals surface area contributed by atoms with Crippen LogP contribution in [0.5, 0.6) is 0 Å². The Kier molecular flexibility index (Phi) is 21.1. The highest BCUT2D eigenvalue weighted by atomic mass is 32.1. The predicted octanol–water partition coefficient (Wildman–Crippen LogP) is 7.15. The Morgan fingerprint density at radius 1 is 0.878 bits per heavy atom. The number of methoxy groups -OCH3 is 1. The van der Waals surface area contributed by atoms with E-state index in [0.717, 1.165) is 30.8 Å². The molecule has 14 heteroatoms. The molecule has 1 heterocycles. The number of azo groups is 1. The lowest BCUT2D eigenvalue weighted by Gasteiger charge is -2.25. The van der Waals surface area contributed by atoms with E-state index in [2.05, 4.69) is 43.8 Å².